The lowest BCUT2D eigenvalue weighted by molar-refractivity contribution is 0.154. The largest absolute Gasteiger partial charge is 0.506 e. The molecule has 1 aromatic rings. The van der Waals surface area contributed by atoms with Crippen LogP contribution in [0.1, 0.15) is 25.3 Å². The van der Waals surface area contributed by atoms with Crippen LogP contribution >= 0.6 is 11.6 Å². The summed E-state index contributed by atoms with van der Waals surface area (Å²) in [6, 6.07) is 5.68. The molecule has 0 saturated carbocycles. The molecule has 0 spiro atoms. The molecule has 3 N–H and O–H groups in total. The molecule has 3 nitrogen and oxygen atoms in total. The zero-order valence-electron chi connectivity index (χ0n) is 10.8. The Morgan fingerprint density at radius 3 is 3.00 bits per heavy atom. The number of halogens is 1. The number of likely N-dealkylation sites (tertiary alicyclic amines) is 1. The van der Waals surface area contributed by atoms with Crippen molar-refractivity contribution in [2.75, 3.05) is 13.1 Å². The Bertz CT molecular complexity index is 409. The Kier molecular flexibility index (Phi) is 4.49. The van der Waals surface area contributed by atoms with Crippen LogP contribution in [0.25, 0.3) is 0 Å². The van der Waals surface area contributed by atoms with Gasteiger partial charge in [0.2, 0.25) is 0 Å². The lowest BCUT2D eigenvalue weighted by Gasteiger charge is -2.34. The lowest BCUT2D eigenvalue weighted by atomic mass is 9.92. The summed E-state index contributed by atoms with van der Waals surface area (Å²) in [7, 11) is 0. The molecule has 0 aromatic heterocycles. The minimum Gasteiger partial charge on any atom is -0.506 e. The first kappa shape index (κ1) is 13.7. The third-order valence-electron chi connectivity index (χ3n) is 3.70. The Morgan fingerprint density at radius 1 is 1.56 bits per heavy atom. The number of phenols is 1. The topological polar surface area (TPSA) is 49.5 Å². The third-order valence-corrected chi connectivity index (χ3v) is 4.01. The Hall–Kier alpha value is -0.770. The van der Waals surface area contributed by atoms with Crippen LogP contribution in [0.3, 0.4) is 0 Å². The predicted molar refractivity (Wildman–Crippen MR) is 74.8 cm³/mol. The quantitative estimate of drug-likeness (QED) is 0.886. The molecule has 0 radical (unpaired) electrons. The molecule has 100 valence electrons. The second-order valence-corrected chi connectivity index (χ2v) is 5.69. The van der Waals surface area contributed by atoms with Crippen molar-refractivity contribution in [3.63, 3.8) is 0 Å². The van der Waals surface area contributed by atoms with Crippen molar-refractivity contribution in [1.29, 1.82) is 0 Å². The van der Waals surface area contributed by atoms with Gasteiger partial charge in [-0.1, -0.05) is 17.7 Å². The van der Waals surface area contributed by atoms with E-state index in [1.807, 2.05) is 12.1 Å². The van der Waals surface area contributed by atoms with Gasteiger partial charge in [0.25, 0.3) is 0 Å². The highest BCUT2D eigenvalue weighted by Crippen LogP contribution is 2.26. The van der Waals surface area contributed by atoms with Gasteiger partial charge >= 0.3 is 0 Å². The first-order valence-electron chi connectivity index (χ1n) is 6.51. The number of hydrogen-bond acceptors (Lipinski definition) is 3. The molecule has 2 rings (SSSR count). The van der Waals surface area contributed by atoms with Gasteiger partial charge in [-0.3, -0.25) is 4.90 Å². The number of hydrogen-bond donors (Lipinski definition) is 2. The van der Waals surface area contributed by atoms with Gasteiger partial charge in [0.05, 0.1) is 5.02 Å². The van der Waals surface area contributed by atoms with Crippen molar-refractivity contribution in [2.45, 2.75) is 32.4 Å². The number of rotatable bonds is 3. The molecular formula is C14H21ClN2O. The third kappa shape index (κ3) is 3.37. The van der Waals surface area contributed by atoms with Gasteiger partial charge in [-0.25, -0.2) is 0 Å². The molecule has 0 aliphatic carbocycles. The van der Waals surface area contributed by atoms with E-state index in [-0.39, 0.29) is 11.8 Å². The molecule has 1 heterocycles. The number of aromatic hydroxyl groups is 1. The summed E-state index contributed by atoms with van der Waals surface area (Å²) in [6.45, 7) is 5.13. The monoisotopic (exact) mass is 268 g/mol. The molecular weight excluding hydrogens is 248 g/mol. The van der Waals surface area contributed by atoms with Crippen LogP contribution in [0.15, 0.2) is 18.2 Å². The van der Waals surface area contributed by atoms with Crippen molar-refractivity contribution in [2.24, 2.45) is 11.7 Å². The first-order chi connectivity index (χ1) is 8.56. The van der Waals surface area contributed by atoms with Crippen LogP contribution in [-0.2, 0) is 6.54 Å². The van der Waals surface area contributed by atoms with E-state index in [2.05, 4.69) is 11.8 Å². The molecule has 1 fully saturated rings. The maximum absolute atomic E-state index is 9.40. The van der Waals surface area contributed by atoms with Crippen molar-refractivity contribution in [3.8, 4) is 5.75 Å². The van der Waals surface area contributed by atoms with Gasteiger partial charge in [0.1, 0.15) is 5.75 Å². The van der Waals surface area contributed by atoms with Gasteiger partial charge in [-0.2, -0.15) is 0 Å². The van der Waals surface area contributed by atoms with Crippen molar-refractivity contribution < 1.29 is 5.11 Å². The van der Waals surface area contributed by atoms with Crippen LogP contribution in [-0.4, -0.2) is 29.1 Å². The highest BCUT2D eigenvalue weighted by molar-refractivity contribution is 6.32. The van der Waals surface area contributed by atoms with Gasteiger partial charge in [0, 0.05) is 19.1 Å². The second-order valence-electron chi connectivity index (χ2n) is 5.28. The summed E-state index contributed by atoms with van der Waals surface area (Å²) in [5, 5.41) is 9.83. The van der Waals surface area contributed by atoms with E-state index in [1.165, 1.54) is 12.8 Å². The first-order valence-corrected chi connectivity index (χ1v) is 6.89. The van der Waals surface area contributed by atoms with Crippen LogP contribution in [0.2, 0.25) is 5.02 Å². The van der Waals surface area contributed by atoms with E-state index in [4.69, 9.17) is 17.3 Å². The molecule has 18 heavy (non-hydrogen) atoms. The van der Waals surface area contributed by atoms with Crippen molar-refractivity contribution >= 4 is 11.6 Å². The highest BCUT2D eigenvalue weighted by Gasteiger charge is 2.22. The fraction of sp³-hybridized carbons (Fsp3) is 0.571. The van der Waals surface area contributed by atoms with Gasteiger partial charge < -0.3 is 10.8 Å². The summed E-state index contributed by atoms with van der Waals surface area (Å²) in [5.74, 6) is 0.735. The van der Waals surface area contributed by atoms with Gasteiger partial charge in [-0.05, 0) is 49.9 Å². The van der Waals surface area contributed by atoms with Crippen molar-refractivity contribution in [1.82, 2.24) is 4.90 Å². The normalized spacial score (nSPS) is 22.9. The minimum absolute atomic E-state index is 0.146. The number of nitrogens with two attached hydrogens (primary N) is 1. The summed E-state index contributed by atoms with van der Waals surface area (Å²) in [5.41, 5.74) is 7.13. The maximum Gasteiger partial charge on any atom is 0.134 e. The Balaban J connectivity index is 1.98. The highest BCUT2D eigenvalue weighted by atomic mass is 35.5. The fourth-order valence-electron chi connectivity index (χ4n) is 2.57. The van der Waals surface area contributed by atoms with E-state index in [0.717, 1.165) is 25.2 Å². The SMILES string of the molecule is CC(N)C1CCCN(Cc2ccc(O)c(Cl)c2)C1. The Morgan fingerprint density at radius 2 is 2.33 bits per heavy atom. The Labute approximate surface area is 114 Å². The van der Waals surface area contributed by atoms with E-state index in [9.17, 15) is 5.11 Å². The number of piperidine rings is 1. The molecule has 0 bridgehead atoms. The zero-order chi connectivity index (χ0) is 13.1. The van der Waals surface area contributed by atoms with Crippen LogP contribution in [0.5, 0.6) is 5.75 Å². The molecule has 2 atom stereocenters. The predicted octanol–water partition coefficient (Wildman–Crippen LogP) is 2.60. The van der Waals surface area contributed by atoms with Crippen LogP contribution < -0.4 is 5.73 Å². The molecule has 1 aliphatic rings. The minimum atomic E-state index is 0.146. The van der Waals surface area contributed by atoms with Crippen LogP contribution in [0.4, 0.5) is 0 Å². The summed E-state index contributed by atoms with van der Waals surface area (Å²) < 4.78 is 0. The smallest absolute Gasteiger partial charge is 0.134 e. The lowest BCUT2D eigenvalue weighted by Crippen LogP contribution is -2.41. The fourth-order valence-corrected chi connectivity index (χ4v) is 2.77. The average Bonchev–Trinajstić information content (AvgIpc) is 2.34. The number of phenolic OH excluding ortho intramolecular Hbond substituents is 1. The standard InChI is InChI=1S/C14H21ClN2O/c1-10(16)12-3-2-6-17(9-12)8-11-4-5-14(18)13(15)7-11/h4-5,7,10,12,18H,2-3,6,8-9,16H2,1H3. The summed E-state index contributed by atoms with van der Waals surface area (Å²) in [4.78, 5) is 2.42. The summed E-state index contributed by atoms with van der Waals surface area (Å²) in [6.07, 6.45) is 2.43. The van der Waals surface area contributed by atoms with E-state index in [1.54, 1.807) is 6.07 Å². The molecule has 2 unspecified atom stereocenters. The second kappa shape index (κ2) is 5.91. The van der Waals surface area contributed by atoms with E-state index >= 15 is 0 Å². The maximum atomic E-state index is 9.40. The molecule has 1 saturated heterocycles. The van der Waals surface area contributed by atoms with Crippen molar-refractivity contribution in [3.05, 3.63) is 28.8 Å². The van der Waals surface area contributed by atoms with Crippen LogP contribution in [0, 0.1) is 5.92 Å². The molecule has 1 aliphatic heterocycles. The molecule has 4 heteroatoms. The summed E-state index contributed by atoms with van der Waals surface area (Å²) >= 11 is 5.92. The number of nitrogens with zero attached hydrogens (tertiary/aromatic N) is 1. The van der Waals surface area contributed by atoms with Gasteiger partial charge in [-0.15, -0.1) is 0 Å². The average molecular weight is 269 g/mol. The number of benzene rings is 1. The van der Waals surface area contributed by atoms with E-state index in [0.29, 0.717) is 10.9 Å². The van der Waals surface area contributed by atoms with Gasteiger partial charge in [0.15, 0.2) is 0 Å². The van der Waals surface area contributed by atoms with E-state index < -0.39 is 0 Å². The molecule has 0 amide bonds. The molecule has 1 aromatic carbocycles. The zero-order valence-corrected chi connectivity index (χ0v) is 11.5.